The minimum absolute atomic E-state index is 0.0633. The molecule has 2 rings (SSSR count). The lowest BCUT2D eigenvalue weighted by Crippen LogP contribution is -2.33. The first kappa shape index (κ1) is 12.6. The molecule has 0 aliphatic carbocycles. The molecule has 0 bridgehead atoms. The highest BCUT2D eigenvalue weighted by Gasteiger charge is 2.12. The van der Waals surface area contributed by atoms with Crippen LogP contribution in [0.2, 0.25) is 0 Å². The molecule has 0 saturated heterocycles. The summed E-state index contributed by atoms with van der Waals surface area (Å²) in [5, 5.41) is 1.13. The zero-order valence-electron chi connectivity index (χ0n) is 11.1. The number of hydrogen-bond acceptors (Lipinski definition) is 2. The second kappa shape index (κ2) is 5.23. The van der Waals surface area contributed by atoms with E-state index in [9.17, 15) is 4.79 Å². The van der Waals surface area contributed by atoms with Crippen molar-refractivity contribution in [3.8, 4) is 0 Å². The molecule has 18 heavy (non-hydrogen) atoms. The molecule has 1 aromatic heterocycles. The number of amides is 1. The van der Waals surface area contributed by atoms with E-state index in [4.69, 9.17) is 0 Å². The molecule has 4 heteroatoms. The van der Waals surface area contributed by atoms with Gasteiger partial charge in [0.2, 0.25) is 0 Å². The van der Waals surface area contributed by atoms with Gasteiger partial charge >= 0.3 is 0 Å². The van der Waals surface area contributed by atoms with E-state index >= 15 is 0 Å². The molecule has 1 amide bonds. The highest BCUT2D eigenvalue weighted by molar-refractivity contribution is 5.97. The van der Waals surface area contributed by atoms with Crippen LogP contribution in [0.1, 0.15) is 10.4 Å². The number of hydrogen-bond donors (Lipinski definition) is 1. The largest absolute Gasteiger partial charge is 0.361 e. The maximum atomic E-state index is 12.2. The van der Waals surface area contributed by atoms with Gasteiger partial charge in [-0.2, -0.15) is 0 Å². The Morgan fingerprint density at radius 3 is 2.67 bits per heavy atom. The van der Waals surface area contributed by atoms with E-state index in [2.05, 4.69) is 9.88 Å². The third kappa shape index (κ3) is 2.71. The first-order chi connectivity index (χ1) is 8.58. The summed E-state index contributed by atoms with van der Waals surface area (Å²) in [4.78, 5) is 19.2. The van der Waals surface area contributed by atoms with Crippen LogP contribution < -0.4 is 0 Å². The van der Waals surface area contributed by atoms with E-state index in [0.717, 1.165) is 29.6 Å². The minimum atomic E-state index is 0.0633. The summed E-state index contributed by atoms with van der Waals surface area (Å²) >= 11 is 0. The number of nitrogens with zero attached hydrogens (tertiary/aromatic N) is 2. The number of H-pyrrole nitrogens is 1. The molecule has 0 radical (unpaired) electrons. The average molecular weight is 245 g/mol. The van der Waals surface area contributed by atoms with Gasteiger partial charge in [-0.05, 0) is 37.7 Å². The van der Waals surface area contributed by atoms with Crippen LogP contribution in [0.3, 0.4) is 0 Å². The number of nitrogens with one attached hydrogen (secondary N) is 1. The van der Waals surface area contributed by atoms with Gasteiger partial charge in [0, 0.05) is 37.4 Å². The van der Waals surface area contributed by atoms with Crippen molar-refractivity contribution < 1.29 is 4.79 Å². The van der Waals surface area contributed by atoms with Gasteiger partial charge in [-0.15, -0.1) is 0 Å². The molecule has 1 heterocycles. The van der Waals surface area contributed by atoms with Crippen molar-refractivity contribution in [2.24, 2.45) is 0 Å². The molecular weight excluding hydrogens is 226 g/mol. The summed E-state index contributed by atoms with van der Waals surface area (Å²) in [6, 6.07) is 7.76. The Labute approximate surface area is 107 Å². The Morgan fingerprint density at radius 1 is 1.17 bits per heavy atom. The summed E-state index contributed by atoms with van der Waals surface area (Å²) in [5.74, 6) is 0.0633. The molecule has 4 nitrogen and oxygen atoms in total. The van der Waals surface area contributed by atoms with Crippen LogP contribution in [-0.4, -0.2) is 54.9 Å². The van der Waals surface area contributed by atoms with Crippen LogP contribution in [-0.2, 0) is 0 Å². The molecule has 0 fully saturated rings. The van der Waals surface area contributed by atoms with Crippen LogP contribution in [0.4, 0.5) is 0 Å². The summed E-state index contributed by atoms with van der Waals surface area (Å²) in [5.41, 5.74) is 1.73. The maximum absolute atomic E-state index is 12.2. The molecule has 0 unspecified atom stereocenters. The van der Waals surface area contributed by atoms with E-state index in [1.807, 2.05) is 51.6 Å². The Morgan fingerprint density at radius 2 is 1.94 bits per heavy atom. The zero-order chi connectivity index (χ0) is 13.1. The maximum Gasteiger partial charge on any atom is 0.253 e. The number of fused-ring (bicyclic) bond motifs is 1. The molecule has 0 aliphatic rings. The van der Waals surface area contributed by atoms with Gasteiger partial charge in [-0.1, -0.05) is 6.07 Å². The van der Waals surface area contributed by atoms with Crippen LogP contribution >= 0.6 is 0 Å². The van der Waals surface area contributed by atoms with Crippen molar-refractivity contribution >= 4 is 16.8 Å². The number of aromatic amines is 1. The fourth-order valence-electron chi connectivity index (χ4n) is 1.85. The molecule has 1 N–H and O–H groups in total. The molecule has 1 aromatic carbocycles. The van der Waals surface area contributed by atoms with Gasteiger partial charge in [0.15, 0.2) is 0 Å². The van der Waals surface area contributed by atoms with Crippen molar-refractivity contribution in [2.75, 3.05) is 34.2 Å². The molecule has 0 atom stereocenters. The predicted octanol–water partition coefficient (Wildman–Crippen LogP) is 1.80. The van der Waals surface area contributed by atoms with Crippen LogP contribution in [0.5, 0.6) is 0 Å². The smallest absolute Gasteiger partial charge is 0.253 e. The lowest BCUT2D eigenvalue weighted by Gasteiger charge is -2.19. The molecule has 2 aromatic rings. The number of carbonyl (C=O) groups is 1. The fraction of sp³-hybridized carbons (Fsp3) is 0.357. The van der Waals surface area contributed by atoms with Gasteiger partial charge in [0.1, 0.15) is 0 Å². The topological polar surface area (TPSA) is 39.3 Å². The number of rotatable bonds is 4. The van der Waals surface area contributed by atoms with Crippen molar-refractivity contribution in [3.05, 3.63) is 36.0 Å². The van der Waals surface area contributed by atoms with E-state index in [0.29, 0.717) is 0 Å². The zero-order valence-corrected chi connectivity index (χ0v) is 11.1. The van der Waals surface area contributed by atoms with Gasteiger partial charge in [0.05, 0.1) is 0 Å². The van der Waals surface area contributed by atoms with Crippen LogP contribution in [0, 0.1) is 0 Å². The van der Waals surface area contributed by atoms with Gasteiger partial charge in [0.25, 0.3) is 5.91 Å². The number of aromatic nitrogens is 1. The van der Waals surface area contributed by atoms with Gasteiger partial charge < -0.3 is 14.8 Å². The highest BCUT2D eigenvalue weighted by atomic mass is 16.2. The highest BCUT2D eigenvalue weighted by Crippen LogP contribution is 2.15. The summed E-state index contributed by atoms with van der Waals surface area (Å²) in [7, 11) is 5.84. The molecule has 0 aliphatic heterocycles. The summed E-state index contributed by atoms with van der Waals surface area (Å²) in [6.07, 6.45) is 1.88. The van der Waals surface area contributed by atoms with E-state index in [1.54, 1.807) is 4.90 Å². The second-order valence-electron chi connectivity index (χ2n) is 4.81. The molecular formula is C14H19N3O. The SMILES string of the molecule is CN(C)CCN(C)C(=O)c1ccc2cc[nH]c2c1. The van der Waals surface area contributed by atoms with E-state index in [-0.39, 0.29) is 5.91 Å². The first-order valence-electron chi connectivity index (χ1n) is 6.05. The Kier molecular flexibility index (Phi) is 3.67. The summed E-state index contributed by atoms with van der Waals surface area (Å²) < 4.78 is 0. The molecule has 96 valence electrons. The van der Waals surface area contributed by atoms with Crippen molar-refractivity contribution in [1.29, 1.82) is 0 Å². The van der Waals surface area contributed by atoms with Crippen LogP contribution in [0.15, 0.2) is 30.5 Å². The molecule has 0 spiro atoms. The van der Waals surface area contributed by atoms with Crippen molar-refractivity contribution in [1.82, 2.24) is 14.8 Å². The third-order valence-corrected chi connectivity index (χ3v) is 3.03. The lowest BCUT2D eigenvalue weighted by molar-refractivity contribution is 0.0786. The Balaban J connectivity index is 2.12. The number of likely N-dealkylation sites (N-methyl/N-ethyl adjacent to an activating group) is 2. The van der Waals surface area contributed by atoms with E-state index < -0.39 is 0 Å². The van der Waals surface area contributed by atoms with Crippen LogP contribution in [0.25, 0.3) is 10.9 Å². The second-order valence-corrected chi connectivity index (χ2v) is 4.81. The van der Waals surface area contributed by atoms with Gasteiger partial charge in [-0.25, -0.2) is 0 Å². The van der Waals surface area contributed by atoms with Gasteiger partial charge in [-0.3, -0.25) is 4.79 Å². The summed E-state index contributed by atoms with van der Waals surface area (Å²) in [6.45, 7) is 1.60. The van der Waals surface area contributed by atoms with E-state index in [1.165, 1.54) is 0 Å². The average Bonchev–Trinajstić information content (AvgIpc) is 2.81. The van der Waals surface area contributed by atoms with Crippen molar-refractivity contribution in [2.45, 2.75) is 0 Å². The minimum Gasteiger partial charge on any atom is -0.361 e. The standard InChI is InChI=1S/C14H19N3O/c1-16(2)8-9-17(3)14(18)12-5-4-11-6-7-15-13(11)10-12/h4-7,10,15H,8-9H2,1-3H3. The molecule has 0 saturated carbocycles. The lowest BCUT2D eigenvalue weighted by atomic mass is 10.1. The fourth-order valence-corrected chi connectivity index (χ4v) is 1.85. The first-order valence-corrected chi connectivity index (χ1v) is 6.05. The van der Waals surface area contributed by atoms with Crippen molar-refractivity contribution in [3.63, 3.8) is 0 Å². The number of benzene rings is 1. The monoisotopic (exact) mass is 245 g/mol. The Hall–Kier alpha value is -1.81. The predicted molar refractivity (Wildman–Crippen MR) is 73.8 cm³/mol. The third-order valence-electron chi connectivity index (χ3n) is 3.03. The normalized spacial score (nSPS) is 11.1. The quantitative estimate of drug-likeness (QED) is 0.892. The number of carbonyl (C=O) groups excluding carboxylic acids is 1. The Bertz CT molecular complexity index is 545.